The van der Waals surface area contributed by atoms with Gasteiger partial charge in [-0.25, -0.2) is 29.4 Å². The van der Waals surface area contributed by atoms with Crippen LogP contribution in [-0.4, -0.2) is 0 Å². The van der Waals surface area contributed by atoms with E-state index in [2.05, 4.69) is 12.9 Å². The molecular weight excluding hydrogens is 334 g/mol. The van der Waals surface area contributed by atoms with E-state index in [9.17, 15) is 13.7 Å². The van der Waals surface area contributed by atoms with E-state index in [1.165, 1.54) is 0 Å². The van der Waals surface area contributed by atoms with Gasteiger partial charge in [0, 0.05) is 17.0 Å². The van der Waals surface area contributed by atoms with Crippen molar-refractivity contribution >= 4 is 31.2 Å². The lowest BCUT2D eigenvalue weighted by molar-refractivity contribution is 0.385. The first-order chi connectivity index (χ1) is 8.47. The highest BCUT2D eigenvalue weighted by molar-refractivity contribution is 7.77. The normalized spacial score (nSPS) is 21.5. The van der Waals surface area contributed by atoms with Crippen LogP contribution in [-0.2, 0) is 26.6 Å². The number of rotatable bonds is 6. The van der Waals surface area contributed by atoms with Crippen LogP contribution in [0.4, 0.5) is 0 Å². The molecule has 0 saturated heterocycles. The zero-order chi connectivity index (χ0) is 15.3. The molecule has 0 rings (SSSR count). The third-order valence-electron chi connectivity index (χ3n) is 1.10. The molecule has 3 atom stereocenters. The Morgan fingerprint density at radius 3 is 1.11 bits per heavy atom. The van der Waals surface area contributed by atoms with Crippen molar-refractivity contribution in [2.75, 3.05) is 0 Å². The van der Waals surface area contributed by atoms with Crippen molar-refractivity contribution in [2.24, 2.45) is 16.5 Å². The topological polar surface area (TPSA) is 157 Å². The zero-order valence-electron chi connectivity index (χ0n) is 9.20. The summed E-state index contributed by atoms with van der Waals surface area (Å²) in [5.41, 5.74) is 19.8. The van der Waals surface area contributed by atoms with Crippen molar-refractivity contribution < 1.29 is 26.6 Å². The van der Waals surface area contributed by atoms with E-state index in [0.29, 0.717) is 0 Å². The third-order valence-corrected chi connectivity index (χ3v) is 6.69. The Morgan fingerprint density at radius 2 is 0.947 bits per heavy atom. The van der Waals surface area contributed by atoms with Gasteiger partial charge in [0.05, 0.1) is 0 Å². The molecule has 0 aliphatic rings. The van der Waals surface area contributed by atoms with Gasteiger partial charge < -0.3 is 0 Å². The molecule has 0 bridgehead atoms. The number of terminal acetylenes is 3. The smallest absolute Gasteiger partial charge is 0.260 e. The lowest BCUT2D eigenvalue weighted by Gasteiger charge is -2.19. The molecule has 0 aliphatic carbocycles. The molecule has 0 amide bonds. The minimum atomic E-state index is -4.11. The first-order valence-corrected chi connectivity index (χ1v) is 10.1. The molecule has 0 aliphatic heterocycles. The van der Waals surface area contributed by atoms with Crippen molar-refractivity contribution in [2.45, 2.75) is 0 Å². The maximum atomic E-state index is 11.4. The van der Waals surface area contributed by atoms with E-state index in [4.69, 9.17) is 35.8 Å². The molecule has 0 saturated carbocycles. The second-order valence-electron chi connectivity index (χ2n) is 2.65. The van der Waals surface area contributed by atoms with Crippen molar-refractivity contribution in [1.82, 2.24) is 0 Å². The van der Waals surface area contributed by atoms with Crippen LogP contribution in [0.1, 0.15) is 0 Å². The van der Waals surface area contributed by atoms with E-state index in [1.807, 2.05) is 0 Å². The first kappa shape index (κ1) is 18.6. The van der Waals surface area contributed by atoms with Gasteiger partial charge in [-0.15, -0.1) is 19.3 Å². The zero-order valence-corrected chi connectivity index (χ0v) is 12.8. The molecule has 104 valence electrons. The van der Waals surface area contributed by atoms with Crippen LogP contribution in [0.25, 0.3) is 0 Å². The van der Waals surface area contributed by atoms with Crippen LogP contribution < -0.4 is 16.5 Å². The Kier molecular flexibility index (Phi) is 6.67. The Bertz CT molecular complexity index is 526. The molecule has 6 N–H and O–H groups in total. The SMILES string of the molecule is C#CP(N)(=O)OP(OP(N)(=O)C#C)OP(N)(=O)C#C. The maximum absolute atomic E-state index is 11.4. The van der Waals surface area contributed by atoms with Crippen LogP contribution in [0.15, 0.2) is 0 Å². The maximum Gasteiger partial charge on any atom is 0.355 e. The lowest BCUT2D eigenvalue weighted by Crippen LogP contribution is -2.02. The van der Waals surface area contributed by atoms with Gasteiger partial charge in [-0.05, 0) is 0 Å². The fraction of sp³-hybridized carbons (Fsp3) is 0. The van der Waals surface area contributed by atoms with E-state index in [0.717, 1.165) is 0 Å². The van der Waals surface area contributed by atoms with E-state index in [1.54, 1.807) is 17.0 Å². The summed E-state index contributed by atoms with van der Waals surface area (Å²) in [6.45, 7) is 0. The molecule has 9 nitrogen and oxygen atoms in total. The van der Waals surface area contributed by atoms with Crippen molar-refractivity contribution in [3.05, 3.63) is 0 Å². The van der Waals surface area contributed by atoms with E-state index >= 15 is 0 Å². The molecule has 0 aromatic carbocycles. The minimum Gasteiger partial charge on any atom is -0.260 e. The lowest BCUT2D eigenvalue weighted by atomic mass is 11.4. The average Bonchev–Trinajstić information content (AvgIpc) is 2.27. The highest BCUT2D eigenvalue weighted by Gasteiger charge is 2.34. The van der Waals surface area contributed by atoms with Gasteiger partial charge in [-0.1, -0.05) is 0 Å². The largest absolute Gasteiger partial charge is 0.355 e. The van der Waals surface area contributed by atoms with Crippen LogP contribution in [0.3, 0.4) is 0 Å². The predicted molar refractivity (Wildman–Crippen MR) is 72.1 cm³/mol. The van der Waals surface area contributed by atoms with Gasteiger partial charge in [0.15, 0.2) is 0 Å². The molecule has 13 heteroatoms. The van der Waals surface area contributed by atoms with Crippen molar-refractivity contribution in [3.63, 3.8) is 0 Å². The predicted octanol–water partition coefficient (Wildman–Crippen LogP) is 1.49. The molecule has 0 heterocycles. The summed E-state index contributed by atoms with van der Waals surface area (Å²) in [6, 6.07) is 0. The molecule has 0 radical (unpaired) electrons. The quantitative estimate of drug-likeness (QED) is 0.480. The molecule has 0 fully saturated rings. The second kappa shape index (κ2) is 6.83. The summed E-state index contributed by atoms with van der Waals surface area (Å²) in [5.74, 6) is 0. The summed E-state index contributed by atoms with van der Waals surface area (Å²) in [4.78, 5) is 0. The summed E-state index contributed by atoms with van der Waals surface area (Å²) in [5, 5.41) is 0. The summed E-state index contributed by atoms with van der Waals surface area (Å²) in [6.07, 6.45) is 14.4. The van der Waals surface area contributed by atoms with E-state index < -0.39 is 31.2 Å². The third kappa shape index (κ3) is 7.66. The van der Waals surface area contributed by atoms with Crippen LogP contribution in [0.2, 0.25) is 0 Å². The van der Waals surface area contributed by atoms with Crippen LogP contribution in [0.5, 0.6) is 0 Å². The van der Waals surface area contributed by atoms with Crippen molar-refractivity contribution in [1.29, 1.82) is 0 Å². The highest BCUT2D eigenvalue weighted by Crippen LogP contribution is 2.67. The summed E-state index contributed by atoms with van der Waals surface area (Å²) < 4.78 is 47.5. The van der Waals surface area contributed by atoms with Gasteiger partial charge in [0.25, 0.3) is 0 Å². The fourth-order valence-corrected chi connectivity index (χ4v) is 4.52. The molecule has 0 aromatic heterocycles. The molecule has 0 aromatic rings. The van der Waals surface area contributed by atoms with Crippen LogP contribution in [0, 0.1) is 36.3 Å². The Labute approximate surface area is 111 Å². The Balaban J connectivity index is 5.21. The summed E-state index contributed by atoms with van der Waals surface area (Å²) >= 11 is 0. The Morgan fingerprint density at radius 1 is 0.737 bits per heavy atom. The van der Waals surface area contributed by atoms with E-state index in [-0.39, 0.29) is 0 Å². The van der Waals surface area contributed by atoms with Gasteiger partial charge in [-0.2, -0.15) is 0 Å². The average molecular weight is 343 g/mol. The molecule has 3 unspecified atom stereocenters. The number of nitrogens with two attached hydrogens (primary N) is 3. The van der Waals surface area contributed by atoms with Crippen LogP contribution >= 0.6 is 31.2 Å². The second-order valence-corrected chi connectivity index (χ2v) is 9.41. The first-order valence-electron chi connectivity index (χ1n) is 3.95. The number of hydrogen-bond donors (Lipinski definition) is 3. The van der Waals surface area contributed by atoms with Gasteiger partial charge in [0.1, 0.15) is 0 Å². The van der Waals surface area contributed by atoms with Crippen molar-refractivity contribution in [3.8, 4) is 36.3 Å². The minimum absolute atomic E-state index is 1.58. The molecule has 0 spiro atoms. The van der Waals surface area contributed by atoms with Gasteiger partial charge in [0.2, 0.25) is 0 Å². The monoisotopic (exact) mass is 343 g/mol. The fourth-order valence-electron chi connectivity index (χ4n) is 0.413. The standard InChI is InChI=1S/C6H9N3O6P4/c1-4-17(7,10)13-16(14-18(8,11)5-2)15-19(9,12)6-3/h1-3H,(H2,7,10)(H2,8,11)(H2,9,12). The van der Waals surface area contributed by atoms with Gasteiger partial charge >= 0.3 is 31.2 Å². The molecular formula is C6H9N3O6P4. The highest BCUT2D eigenvalue weighted by atomic mass is 31.3. The molecule has 19 heavy (non-hydrogen) atoms. The summed E-state index contributed by atoms with van der Waals surface area (Å²) in [7, 11) is -15.3. The van der Waals surface area contributed by atoms with Gasteiger partial charge in [-0.3, -0.25) is 13.7 Å². The Hall–Kier alpha value is -0.440. The number of hydrogen-bond acceptors (Lipinski definition) is 6.